The Morgan fingerprint density at radius 1 is 1.12 bits per heavy atom. The third-order valence-corrected chi connectivity index (χ3v) is 6.87. The molecule has 4 rings (SSSR count). The second-order valence-electron chi connectivity index (χ2n) is 7.20. The Bertz CT molecular complexity index is 1500. The van der Waals surface area contributed by atoms with Crippen LogP contribution in [-0.2, 0) is 10.0 Å². The lowest BCUT2D eigenvalue weighted by molar-refractivity contribution is 0.353. The number of nitrogens with zero attached hydrogens (tertiary/aromatic N) is 6. The molecule has 0 aliphatic heterocycles. The average molecular weight is 485 g/mol. The summed E-state index contributed by atoms with van der Waals surface area (Å²) in [6.45, 7) is 1.59. The van der Waals surface area contributed by atoms with E-state index in [2.05, 4.69) is 20.1 Å². The first kappa shape index (κ1) is 23.1. The molecule has 0 aliphatic carbocycles. The van der Waals surface area contributed by atoms with Gasteiger partial charge in [0.2, 0.25) is 5.88 Å². The van der Waals surface area contributed by atoms with Crippen molar-refractivity contribution in [2.75, 3.05) is 21.3 Å². The lowest BCUT2D eigenvalue weighted by atomic mass is 10.1. The number of ether oxygens (including phenoxy) is 2. The van der Waals surface area contributed by atoms with Crippen molar-refractivity contribution in [1.82, 2.24) is 23.8 Å². The monoisotopic (exact) mass is 484 g/mol. The molecule has 0 unspecified atom stereocenters. The van der Waals surface area contributed by atoms with Gasteiger partial charge in [-0.05, 0) is 36.8 Å². The molecule has 0 N–H and O–H groups in total. The molecular weight excluding hydrogens is 463 g/mol. The van der Waals surface area contributed by atoms with E-state index in [-0.39, 0.29) is 10.9 Å². The number of aryl methyl sites for hydroxylation is 1. The summed E-state index contributed by atoms with van der Waals surface area (Å²) < 4.78 is 52.3. The molecule has 0 spiro atoms. The van der Waals surface area contributed by atoms with Gasteiger partial charge in [0.15, 0.2) is 0 Å². The molecule has 0 aliphatic rings. The summed E-state index contributed by atoms with van der Waals surface area (Å²) >= 11 is 0. The van der Waals surface area contributed by atoms with E-state index in [1.54, 1.807) is 36.0 Å². The maximum atomic E-state index is 13.6. The molecule has 0 fully saturated rings. The highest BCUT2D eigenvalue weighted by Gasteiger charge is 2.22. The minimum Gasteiger partial charge on any atom is -0.480 e. The first-order valence-electron chi connectivity index (χ1n) is 9.96. The second kappa shape index (κ2) is 9.06. The molecule has 3 aromatic heterocycles. The van der Waals surface area contributed by atoms with E-state index in [0.717, 1.165) is 16.0 Å². The van der Waals surface area contributed by atoms with Crippen LogP contribution in [0.15, 0.2) is 58.9 Å². The lowest BCUT2D eigenvalue weighted by Gasteiger charge is -2.15. The summed E-state index contributed by atoms with van der Waals surface area (Å²) in [4.78, 5) is 12.5. The minimum atomic E-state index is -4.04. The number of sulfonamides is 1. The summed E-state index contributed by atoms with van der Waals surface area (Å²) in [5, 5.41) is 4.07. The smallest absolute Gasteiger partial charge is 0.319 e. The number of imidazole rings is 1. The molecule has 0 saturated carbocycles. The summed E-state index contributed by atoms with van der Waals surface area (Å²) in [5.74, 6) is -0.313. The van der Waals surface area contributed by atoms with Crippen LogP contribution < -0.4 is 9.47 Å². The van der Waals surface area contributed by atoms with Gasteiger partial charge < -0.3 is 9.47 Å². The van der Waals surface area contributed by atoms with Crippen LogP contribution >= 0.6 is 0 Å². The van der Waals surface area contributed by atoms with Crippen LogP contribution in [0.1, 0.15) is 11.3 Å². The van der Waals surface area contributed by atoms with Gasteiger partial charge in [-0.3, -0.25) is 4.40 Å². The second-order valence-corrected chi connectivity index (χ2v) is 9.12. The molecule has 0 atom stereocenters. The van der Waals surface area contributed by atoms with Crippen LogP contribution in [0.5, 0.6) is 11.9 Å². The van der Waals surface area contributed by atoms with Crippen molar-refractivity contribution < 1.29 is 22.3 Å². The predicted octanol–water partition coefficient (Wildman–Crippen LogP) is 2.91. The van der Waals surface area contributed by atoms with Crippen molar-refractivity contribution in [2.24, 2.45) is 5.10 Å². The third kappa shape index (κ3) is 4.27. The maximum Gasteiger partial charge on any atom is 0.319 e. The van der Waals surface area contributed by atoms with Gasteiger partial charge in [-0.1, -0.05) is 6.07 Å². The molecule has 0 bridgehead atoms. The van der Waals surface area contributed by atoms with E-state index in [1.165, 1.54) is 39.6 Å². The van der Waals surface area contributed by atoms with Gasteiger partial charge in [-0.2, -0.15) is 22.9 Å². The Balaban J connectivity index is 1.69. The van der Waals surface area contributed by atoms with Crippen molar-refractivity contribution in [3.05, 3.63) is 66.0 Å². The molecule has 4 aromatic rings. The summed E-state index contributed by atoms with van der Waals surface area (Å²) in [5.41, 5.74) is 2.91. The Hall–Kier alpha value is -4.06. The fourth-order valence-electron chi connectivity index (χ4n) is 3.25. The molecule has 1 aromatic carbocycles. The van der Waals surface area contributed by atoms with Crippen LogP contribution in [0.4, 0.5) is 4.39 Å². The average Bonchev–Trinajstić information content (AvgIpc) is 3.25. The number of hydrazone groups is 1. The highest BCUT2D eigenvalue weighted by Crippen LogP contribution is 2.29. The van der Waals surface area contributed by atoms with E-state index in [4.69, 9.17) is 9.47 Å². The maximum absolute atomic E-state index is 13.6. The largest absolute Gasteiger partial charge is 0.480 e. The summed E-state index contributed by atoms with van der Waals surface area (Å²) in [6.07, 6.45) is 6.27. The van der Waals surface area contributed by atoms with E-state index in [9.17, 15) is 12.8 Å². The Kier molecular flexibility index (Phi) is 6.16. The highest BCUT2D eigenvalue weighted by atomic mass is 32.2. The molecule has 34 heavy (non-hydrogen) atoms. The van der Waals surface area contributed by atoms with E-state index in [0.29, 0.717) is 28.3 Å². The topological polar surface area (TPSA) is 111 Å². The fraction of sp³-hybridized carbons (Fsp3) is 0.182. The van der Waals surface area contributed by atoms with Crippen LogP contribution in [-0.4, -0.2) is 59.7 Å². The molecule has 3 heterocycles. The summed E-state index contributed by atoms with van der Waals surface area (Å²) in [7, 11) is 0.196. The van der Waals surface area contributed by atoms with Gasteiger partial charge in [-0.15, -0.1) is 0 Å². The molecule has 0 radical (unpaired) electrons. The number of fused-ring (bicyclic) bond motifs is 1. The zero-order valence-corrected chi connectivity index (χ0v) is 19.6. The molecule has 12 heteroatoms. The third-order valence-electron chi connectivity index (χ3n) is 5.08. The quantitative estimate of drug-likeness (QED) is 0.293. The van der Waals surface area contributed by atoms with Gasteiger partial charge in [-0.25, -0.2) is 14.4 Å². The Labute approximate surface area is 195 Å². The van der Waals surface area contributed by atoms with E-state index >= 15 is 0 Å². The molecule has 0 amide bonds. The normalized spacial score (nSPS) is 11.8. The van der Waals surface area contributed by atoms with Crippen LogP contribution in [0, 0.1) is 12.7 Å². The molecular formula is C22H21FN6O4S. The van der Waals surface area contributed by atoms with E-state index < -0.39 is 15.8 Å². The Morgan fingerprint density at radius 2 is 1.91 bits per heavy atom. The predicted molar refractivity (Wildman–Crippen MR) is 123 cm³/mol. The van der Waals surface area contributed by atoms with Crippen molar-refractivity contribution >= 4 is 21.9 Å². The van der Waals surface area contributed by atoms with Gasteiger partial charge in [0.25, 0.3) is 10.0 Å². The van der Waals surface area contributed by atoms with Crippen LogP contribution in [0.2, 0.25) is 0 Å². The van der Waals surface area contributed by atoms with Crippen molar-refractivity contribution in [2.45, 2.75) is 11.8 Å². The number of methoxy groups -OCH3 is 2. The number of hydrogen-bond acceptors (Lipinski definition) is 8. The SMILES string of the molecule is COc1ncc(-c2ccc3ncc(C=NN(C)S(=O)(=O)c4cc(F)ccc4C)n3c2)c(OC)n1. The van der Waals surface area contributed by atoms with Crippen LogP contribution in [0.3, 0.4) is 0 Å². The number of aromatic nitrogens is 4. The van der Waals surface area contributed by atoms with Gasteiger partial charge in [0.05, 0.1) is 42.8 Å². The fourth-order valence-corrected chi connectivity index (χ4v) is 4.45. The molecule has 0 saturated heterocycles. The van der Waals surface area contributed by atoms with E-state index in [1.807, 2.05) is 6.07 Å². The Morgan fingerprint density at radius 3 is 2.65 bits per heavy atom. The lowest BCUT2D eigenvalue weighted by Crippen LogP contribution is -2.23. The van der Waals surface area contributed by atoms with Gasteiger partial charge in [0.1, 0.15) is 11.5 Å². The number of rotatable bonds is 7. The zero-order chi connectivity index (χ0) is 24.5. The number of halogens is 1. The molecule has 176 valence electrons. The zero-order valence-electron chi connectivity index (χ0n) is 18.8. The van der Waals surface area contributed by atoms with Crippen molar-refractivity contribution in [3.8, 4) is 23.0 Å². The first-order chi connectivity index (χ1) is 16.2. The highest BCUT2D eigenvalue weighted by molar-refractivity contribution is 7.89. The van der Waals surface area contributed by atoms with Crippen molar-refractivity contribution in [3.63, 3.8) is 0 Å². The van der Waals surface area contributed by atoms with Gasteiger partial charge in [0, 0.05) is 25.0 Å². The number of pyridine rings is 1. The first-order valence-corrected chi connectivity index (χ1v) is 11.4. The minimum absolute atomic E-state index is 0.154. The van der Waals surface area contributed by atoms with Crippen LogP contribution in [0.25, 0.3) is 16.8 Å². The van der Waals surface area contributed by atoms with Crippen molar-refractivity contribution in [1.29, 1.82) is 0 Å². The number of hydrogen-bond donors (Lipinski definition) is 0. The summed E-state index contributed by atoms with van der Waals surface area (Å²) in [6, 6.07) is 7.38. The standard InChI is InChI=1S/C22H21FN6O4S/c1-14-5-7-16(23)9-19(14)34(30,31)28(2)26-11-17-10-24-20-8-6-15(13-29(17)20)18-12-25-22(33-4)27-21(18)32-3/h5-13H,1-4H3. The number of benzene rings is 1. The molecule has 10 nitrogen and oxygen atoms in total. The van der Waals surface area contributed by atoms with Gasteiger partial charge >= 0.3 is 6.01 Å².